The monoisotopic (exact) mass is 244 g/mol. The first-order valence-electron chi connectivity index (χ1n) is 6.54. The lowest BCUT2D eigenvalue weighted by atomic mass is 9.84. The van der Waals surface area contributed by atoms with E-state index in [1.165, 1.54) is 22.3 Å². The second-order valence-electron chi connectivity index (χ2n) is 5.92. The van der Waals surface area contributed by atoms with Crippen molar-refractivity contribution in [1.82, 2.24) is 5.32 Å². The molecule has 0 aliphatic rings. The molecule has 0 aliphatic heterocycles. The van der Waals surface area contributed by atoms with Gasteiger partial charge in [0.1, 0.15) is 0 Å². The summed E-state index contributed by atoms with van der Waals surface area (Å²) in [6, 6.07) is 6.72. The Morgan fingerprint density at radius 2 is 1.72 bits per heavy atom. The highest BCUT2D eigenvalue weighted by molar-refractivity contribution is 5.40. The average Bonchev–Trinajstić information content (AvgIpc) is 2.25. The van der Waals surface area contributed by atoms with Gasteiger partial charge >= 0.3 is 0 Å². The molecule has 0 saturated heterocycles. The van der Waals surface area contributed by atoms with Crippen LogP contribution in [0.4, 0.5) is 0 Å². The predicted octanol–water partition coefficient (Wildman–Crippen LogP) is 3.60. The van der Waals surface area contributed by atoms with Gasteiger partial charge in [0.15, 0.2) is 0 Å². The molecule has 0 heterocycles. The summed E-state index contributed by atoms with van der Waals surface area (Å²) < 4.78 is 0. The molecule has 1 aromatic carbocycles. The summed E-state index contributed by atoms with van der Waals surface area (Å²) in [5, 5.41) is 11.8. The fraction of sp³-hybridized carbons (Fsp3) is 0.562. The molecule has 0 atom stereocenters. The largest absolute Gasteiger partial charge is 0.312 e. The van der Waals surface area contributed by atoms with E-state index in [-0.39, 0.29) is 5.41 Å². The van der Waals surface area contributed by atoms with Gasteiger partial charge in [-0.3, -0.25) is 0 Å². The molecule has 98 valence electrons. The molecule has 0 spiro atoms. The van der Waals surface area contributed by atoms with E-state index in [1.54, 1.807) is 0 Å². The average molecular weight is 244 g/mol. The Hall–Kier alpha value is -1.33. The molecule has 0 aromatic heterocycles. The van der Waals surface area contributed by atoms with Crippen molar-refractivity contribution in [3.8, 4) is 6.07 Å². The van der Waals surface area contributed by atoms with Gasteiger partial charge in [-0.1, -0.05) is 32.9 Å². The first kappa shape index (κ1) is 14.7. The van der Waals surface area contributed by atoms with Crippen LogP contribution in [-0.4, -0.2) is 6.54 Å². The van der Waals surface area contributed by atoms with Gasteiger partial charge in [-0.25, -0.2) is 0 Å². The zero-order valence-electron chi connectivity index (χ0n) is 12.2. The number of aryl methyl sites for hydroxylation is 2. The zero-order chi connectivity index (χ0) is 13.8. The molecule has 1 N–H and O–H groups in total. The molecule has 0 saturated carbocycles. The SMILES string of the molecule is Cc1cc(C(C)(C)C)cc(C)c1CNCCC#N. The van der Waals surface area contributed by atoms with Crippen LogP contribution in [0.2, 0.25) is 0 Å². The smallest absolute Gasteiger partial charge is 0.0635 e. The minimum Gasteiger partial charge on any atom is -0.312 e. The normalized spacial score (nSPS) is 11.3. The van der Waals surface area contributed by atoms with E-state index in [1.807, 2.05) is 0 Å². The number of nitrogens with zero attached hydrogens (tertiary/aromatic N) is 1. The maximum absolute atomic E-state index is 8.51. The van der Waals surface area contributed by atoms with Crippen molar-refractivity contribution in [2.75, 3.05) is 6.54 Å². The quantitative estimate of drug-likeness (QED) is 0.821. The fourth-order valence-corrected chi connectivity index (χ4v) is 2.06. The van der Waals surface area contributed by atoms with Crippen LogP contribution >= 0.6 is 0 Å². The lowest BCUT2D eigenvalue weighted by molar-refractivity contribution is 0.588. The lowest BCUT2D eigenvalue weighted by Gasteiger charge is -2.22. The summed E-state index contributed by atoms with van der Waals surface area (Å²) in [6.07, 6.45) is 0.568. The van der Waals surface area contributed by atoms with Crippen LogP contribution in [0.5, 0.6) is 0 Å². The number of hydrogen-bond donors (Lipinski definition) is 1. The maximum Gasteiger partial charge on any atom is 0.0635 e. The van der Waals surface area contributed by atoms with Crippen LogP contribution in [0.25, 0.3) is 0 Å². The van der Waals surface area contributed by atoms with Crippen molar-refractivity contribution in [3.05, 3.63) is 34.4 Å². The van der Waals surface area contributed by atoms with Crippen molar-refractivity contribution >= 4 is 0 Å². The molecule has 0 radical (unpaired) electrons. The molecule has 0 fully saturated rings. The van der Waals surface area contributed by atoms with Crippen LogP contribution < -0.4 is 5.32 Å². The molecule has 0 amide bonds. The summed E-state index contributed by atoms with van der Waals surface area (Å²) in [5.74, 6) is 0. The van der Waals surface area contributed by atoms with E-state index in [4.69, 9.17) is 5.26 Å². The van der Waals surface area contributed by atoms with Gasteiger partial charge in [0.25, 0.3) is 0 Å². The highest BCUT2D eigenvalue weighted by Gasteiger charge is 2.15. The Labute approximate surface area is 111 Å². The molecule has 1 rings (SSSR count). The van der Waals surface area contributed by atoms with Gasteiger partial charge in [0, 0.05) is 19.5 Å². The first-order valence-corrected chi connectivity index (χ1v) is 6.54. The zero-order valence-corrected chi connectivity index (χ0v) is 12.2. The Morgan fingerprint density at radius 3 is 2.17 bits per heavy atom. The molecule has 18 heavy (non-hydrogen) atoms. The van der Waals surface area contributed by atoms with E-state index in [9.17, 15) is 0 Å². The third kappa shape index (κ3) is 3.85. The number of benzene rings is 1. The molecular weight excluding hydrogens is 220 g/mol. The number of rotatable bonds is 4. The van der Waals surface area contributed by atoms with E-state index in [2.05, 4.69) is 58.1 Å². The molecule has 0 aliphatic carbocycles. The van der Waals surface area contributed by atoms with Gasteiger partial charge in [0.2, 0.25) is 0 Å². The summed E-state index contributed by atoms with van der Waals surface area (Å²) in [5.41, 5.74) is 5.62. The molecule has 2 nitrogen and oxygen atoms in total. The van der Waals surface area contributed by atoms with Gasteiger partial charge < -0.3 is 5.32 Å². The predicted molar refractivity (Wildman–Crippen MR) is 76.6 cm³/mol. The van der Waals surface area contributed by atoms with Gasteiger partial charge in [-0.05, 0) is 41.5 Å². The van der Waals surface area contributed by atoms with Crippen LogP contribution in [-0.2, 0) is 12.0 Å². The van der Waals surface area contributed by atoms with Crippen LogP contribution in [0.1, 0.15) is 49.4 Å². The summed E-state index contributed by atoms with van der Waals surface area (Å²) in [4.78, 5) is 0. The van der Waals surface area contributed by atoms with E-state index < -0.39 is 0 Å². The Balaban J connectivity index is 2.86. The van der Waals surface area contributed by atoms with E-state index in [0.717, 1.165) is 13.1 Å². The van der Waals surface area contributed by atoms with Crippen molar-refractivity contribution in [3.63, 3.8) is 0 Å². The fourth-order valence-electron chi connectivity index (χ4n) is 2.06. The van der Waals surface area contributed by atoms with Crippen LogP contribution in [0.3, 0.4) is 0 Å². The van der Waals surface area contributed by atoms with Crippen molar-refractivity contribution < 1.29 is 0 Å². The molecule has 1 aromatic rings. The second kappa shape index (κ2) is 6.02. The third-order valence-electron chi connectivity index (χ3n) is 3.28. The number of nitriles is 1. The number of nitrogens with one attached hydrogen (secondary N) is 1. The summed E-state index contributed by atoms with van der Waals surface area (Å²) >= 11 is 0. The van der Waals surface area contributed by atoms with Crippen LogP contribution in [0.15, 0.2) is 12.1 Å². The van der Waals surface area contributed by atoms with Crippen molar-refractivity contribution in [2.24, 2.45) is 0 Å². The number of hydrogen-bond acceptors (Lipinski definition) is 2. The van der Waals surface area contributed by atoms with Crippen molar-refractivity contribution in [2.45, 2.75) is 53.0 Å². The molecule has 0 bridgehead atoms. The minimum absolute atomic E-state index is 0.197. The Bertz CT molecular complexity index is 424. The minimum atomic E-state index is 0.197. The third-order valence-corrected chi connectivity index (χ3v) is 3.28. The van der Waals surface area contributed by atoms with E-state index >= 15 is 0 Å². The maximum atomic E-state index is 8.51. The topological polar surface area (TPSA) is 35.8 Å². The molecule has 0 unspecified atom stereocenters. The highest BCUT2D eigenvalue weighted by Crippen LogP contribution is 2.26. The second-order valence-corrected chi connectivity index (χ2v) is 5.92. The highest BCUT2D eigenvalue weighted by atomic mass is 14.8. The van der Waals surface area contributed by atoms with Gasteiger partial charge in [-0.15, -0.1) is 0 Å². The summed E-state index contributed by atoms with van der Waals surface area (Å²) in [7, 11) is 0. The van der Waals surface area contributed by atoms with E-state index in [0.29, 0.717) is 6.42 Å². The van der Waals surface area contributed by atoms with Crippen LogP contribution in [0, 0.1) is 25.2 Å². The summed E-state index contributed by atoms with van der Waals surface area (Å²) in [6.45, 7) is 12.7. The molecule has 2 heteroatoms. The Kier molecular flexibility index (Phi) is 4.93. The Morgan fingerprint density at radius 1 is 1.17 bits per heavy atom. The standard InChI is InChI=1S/C16H24N2/c1-12-9-14(16(3,4)5)10-13(2)15(12)11-18-8-6-7-17/h9-10,18H,6,8,11H2,1-5H3. The lowest BCUT2D eigenvalue weighted by Crippen LogP contribution is -2.17. The molecular formula is C16H24N2. The van der Waals surface area contributed by atoms with Gasteiger partial charge in [-0.2, -0.15) is 5.26 Å². The first-order chi connectivity index (χ1) is 8.36. The van der Waals surface area contributed by atoms with Crippen molar-refractivity contribution in [1.29, 1.82) is 5.26 Å². The van der Waals surface area contributed by atoms with Gasteiger partial charge in [0.05, 0.1) is 6.07 Å².